The summed E-state index contributed by atoms with van der Waals surface area (Å²) in [6.45, 7) is 7.06. The van der Waals surface area contributed by atoms with Gasteiger partial charge in [0.05, 0.1) is 43.1 Å². The second-order valence-corrected chi connectivity index (χ2v) is 11.7. The molecule has 0 radical (unpaired) electrons. The third-order valence-electron chi connectivity index (χ3n) is 6.36. The minimum absolute atomic E-state index is 0.00621. The number of nitrogens with one attached hydrogen (secondary N) is 4. The predicted octanol–water partition coefficient (Wildman–Crippen LogP) is 5.41. The number of anilines is 1. The first kappa shape index (κ1) is 32.4. The Hall–Kier alpha value is -3.14. The number of fused-ring (bicyclic) bond motifs is 1. The van der Waals surface area contributed by atoms with Crippen LogP contribution in [0.15, 0.2) is 42.1 Å². The number of aromatic nitrogens is 1. The van der Waals surface area contributed by atoms with E-state index in [4.69, 9.17) is 43.1 Å². The van der Waals surface area contributed by atoms with Crippen molar-refractivity contribution in [2.24, 2.45) is 0 Å². The Labute approximate surface area is 251 Å². The molecule has 0 saturated heterocycles. The average Bonchev–Trinajstić information content (AvgIpc) is 2.92. The van der Waals surface area contributed by atoms with E-state index in [0.29, 0.717) is 22.2 Å². The summed E-state index contributed by atoms with van der Waals surface area (Å²) in [5.74, 6) is -0.102. The van der Waals surface area contributed by atoms with Crippen molar-refractivity contribution in [2.75, 3.05) is 32.1 Å². The minimum atomic E-state index is -0.783. The van der Waals surface area contributed by atoms with Crippen molar-refractivity contribution in [3.05, 3.63) is 69.0 Å². The molecule has 11 heteroatoms. The molecule has 1 aromatic carbocycles. The Bertz CT molecular complexity index is 1260. The normalized spacial score (nSPS) is 14.0. The maximum atomic E-state index is 13.5. The van der Waals surface area contributed by atoms with Crippen molar-refractivity contribution < 1.29 is 19.1 Å². The van der Waals surface area contributed by atoms with E-state index in [1.165, 1.54) is 18.9 Å². The van der Waals surface area contributed by atoms with Gasteiger partial charge in [-0.25, -0.2) is 4.98 Å². The van der Waals surface area contributed by atoms with Crippen molar-refractivity contribution in [1.82, 2.24) is 15.6 Å². The molecule has 2 heterocycles. The van der Waals surface area contributed by atoms with Gasteiger partial charge in [-0.05, 0) is 81.8 Å². The molecule has 1 atom stereocenters. The van der Waals surface area contributed by atoms with Gasteiger partial charge in [-0.2, -0.15) is 0 Å². The Morgan fingerprint density at radius 3 is 2.61 bits per heavy atom. The highest BCUT2D eigenvalue weighted by Crippen LogP contribution is 2.26. The van der Waals surface area contributed by atoms with Crippen LogP contribution in [0.2, 0.25) is 10.0 Å². The number of aryl methyl sites for hydroxylation is 2. The van der Waals surface area contributed by atoms with E-state index in [1.807, 2.05) is 20.8 Å². The van der Waals surface area contributed by atoms with Gasteiger partial charge in [0, 0.05) is 35.0 Å². The van der Waals surface area contributed by atoms with Crippen LogP contribution in [-0.2, 0) is 31.9 Å². The summed E-state index contributed by atoms with van der Waals surface area (Å²) in [5.41, 5.74) is 2.38. The zero-order valence-corrected chi connectivity index (χ0v) is 25.5. The number of hydrogen-bond acceptors (Lipinski definition) is 8. The molecule has 0 fully saturated rings. The first-order valence-corrected chi connectivity index (χ1v) is 14.4. The fraction of sp³-hybridized carbons (Fsp3) is 0.467. The summed E-state index contributed by atoms with van der Waals surface area (Å²) in [6.07, 6.45) is 5.07. The summed E-state index contributed by atoms with van der Waals surface area (Å²) in [7, 11) is 1.27. The van der Waals surface area contributed by atoms with Crippen LogP contribution < -0.4 is 16.0 Å². The highest BCUT2D eigenvalue weighted by Gasteiger charge is 2.24. The highest BCUT2D eigenvalue weighted by atomic mass is 35.5. The van der Waals surface area contributed by atoms with Crippen molar-refractivity contribution in [3.63, 3.8) is 0 Å². The lowest BCUT2D eigenvalue weighted by atomic mass is 10.0. The Kier molecular flexibility index (Phi) is 12.0. The first-order valence-electron chi connectivity index (χ1n) is 13.7. The quantitative estimate of drug-likeness (QED) is 0.104. The molecule has 4 N–H and O–H groups in total. The van der Waals surface area contributed by atoms with Crippen LogP contribution in [0.1, 0.15) is 62.9 Å². The summed E-state index contributed by atoms with van der Waals surface area (Å²) in [5, 5.41) is 18.7. The molecule has 1 aliphatic heterocycles. The van der Waals surface area contributed by atoms with Crippen LogP contribution in [0.4, 0.5) is 5.82 Å². The predicted molar refractivity (Wildman–Crippen MR) is 163 cm³/mol. The minimum Gasteiger partial charge on any atom is -0.469 e. The van der Waals surface area contributed by atoms with Gasteiger partial charge in [-0.1, -0.05) is 29.3 Å². The molecule has 3 rings (SSSR count). The molecule has 41 heavy (non-hydrogen) atoms. The molecule has 9 nitrogen and oxygen atoms in total. The SMILES string of the molecule is COC(=O)CC(NC(=O)/C(=C/NCCCc1ccc2c(n1)NCCC2)C(=N)COC(C)(C)C)c1cc(Cl)cc(Cl)c1. The van der Waals surface area contributed by atoms with Gasteiger partial charge in [-0.15, -0.1) is 0 Å². The number of methoxy groups -OCH3 is 1. The van der Waals surface area contributed by atoms with Crippen LogP contribution in [0, 0.1) is 5.41 Å². The zero-order chi connectivity index (χ0) is 30.0. The number of halogens is 2. The van der Waals surface area contributed by atoms with Crippen molar-refractivity contribution >= 4 is 46.6 Å². The fourth-order valence-corrected chi connectivity index (χ4v) is 4.77. The lowest BCUT2D eigenvalue weighted by Gasteiger charge is -2.22. The number of esters is 1. The van der Waals surface area contributed by atoms with Crippen LogP contribution >= 0.6 is 23.2 Å². The van der Waals surface area contributed by atoms with Crippen LogP contribution in [0.5, 0.6) is 0 Å². The molecule has 0 bridgehead atoms. The molecule has 0 aliphatic carbocycles. The van der Waals surface area contributed by atoms with Gasteiger partial charge in [0.15, 0.2) is 0 Å². The Morgan fingerprint density at radius 2 is 1.93 bits per heavy atom. The van der Waals surface area contributed by atoms with Gasteiger partial charge < -0.3 is 30.8 Å². The third kappa shape index (κ3) is 10.6. The van der Waals surface area contributed by atoms with Crippen LogP contribution in [0.25, 0.3) is 0 Å². The van der Waals surface area contributed by atoms with E-state index < -0.39 is 23.5 Å². The van der Waals surface area contributed by atoms with Gasteiger partial charge >= 0.3 is 5.97 Å². The number of ether oxygens (including phenoxy) is 2. The van der Waals surface area contributed by atoms with Crippen molar-refractivity contribution in [3.8, 4) is 0 Å². The second-order valence-electron chi connectivity index (χ2n) is 10.8. The number of hydrogen-bond donors (Lipinski definition) is 4. The van der Waals surface area contributed by atoms with Crippen molar-refractivity contribution in [1.29, 1.82) is 5.41 Å². The van der Waals surface area contributed by atoms with Gasteiger partial charge in [0.2, 0.25) is 0 Å². The fourth-order valence-electron chi connectivity index (χ4n) is 4.22. The van der Waals surface area contributed by atoms with E-state index in [2.05, 4.69) is 28.1 Å². The maximum Gasteiger partial charge on any atom is 0.307 e. The molecule has 1 aromatic heterocycles. The van der Waals surface area contributed by atoms with Crippen LogP contribution in [-0.4, -0.2) is 55.0 Å². The maximum absolute atomic E-state index is 13.5. The molecular weight excluding hydrogens is 565 g/mol. The van der Waals surface area contributed by atoms with Gasteiger partial charge in [0.1, 0.15) is 5.82 Å². The number of nitrogens with zero attached hydrogens (tertiary/aromatic N) is 1. The summed E-state index contributed by atoms with van der Waals surface area (Å²) >= 11 is 12.4. The van der Waals surface area contributed by atoms with E-state index in [9.17, 15) is 9.59 Å². The third-order valence-corrected chi connectivity index (χ3v) is 6.80. The average molecular weight is 605 g/mol. The number of pyridine rings is 1. The molecule has 0 saturated carbocycles. The summed E-state index contributed by atoms with van der Waals surface area (Å²) < 4.78 is 10.6. The molecule has 1 amide bonds. The smallest absolute Gasteiger partial charge is 0.307 e. The zero-order valence-electron chi connectivity index (χ0n) is 24.0. The van der Waals surface area contributed by atoms with E-state index in [1.54, 1.807) is 18.2 Å². The molecule has 1 aliphatic rings. The number of carbonyl (C=O) groups is 2. The largest absolute Gasteiger partial charge is 0.469 e. The number of benzene rings is 1. The Morgan fingerprint density at radius 1 is 1.20 bits per heavy atom. The van der Waals surface area contributed by atoms with Gasteiger partial charge in [-0.3, -0.25) is 9.59 Å². The van der Waals surface area contributed by atoms with E-state index in [-0.39, 0.29) is 24.3 Å². The second kappa shape index (κ2) is 15.2. The number of rotatable bonds is 13. The molecule has 1 unspecified atom stereocenters. The monoisotopic (exact) mass is 603 g/mol. The molecule has 0 spiro atoms. The summed E-state index contributed by atoms with van der Waals surface area (Å²) in [6, 6.07) is 8.23. The standard InChI is InChI=1S/C30H39Cl2N5O4/c1-30(2,3)41-18-25(33)24(17-34-11-6-8-23-10-9-19-7-5-12-35-28(19)36-23)29(39)37-26(16-27(38)40-4)20-13-21(31)15-22(32)14-20/h9-10,13-15,17,26,33-34H,5-8,11-12,16,18H2,1-4H3,(H,35,36)(H,37,39)/b24-17+,33-25?. The van der Waals surface area contributed by atoms with Gasteiger partial charge in [0.25, 0.3) is 5.91 Å². The highest BCUT2D eigenvalue weighted by molar-refractivity contribution is 6.34. The number of amides is 1. The molecular formula is C30H39Cl2N5O4. The van der Waals surface area contributed by atoms with E-state index >= 15 is 0 Å². The topological polar surface area (TPSA) is 125 Å². The lowest BCUT2D eigenvalue weighted by molar-refractivity contribution is -0.141. The molecule has 222 valence electrons. The van der Waals surface area contributed by atoms with Crippen LogP contribution in [0.3, 0.4) is 0 Å². The Balaban J connectivity index is 1.72. The van der Waals surface area contributed by atoms with E-state index in [0.717, 1.165) is 43.7 Å². The molecule has 2 aromatic rings. The van der Waals surface area contributed by atoms with Crippen molar-refractivity contribution in [2.45, 2.75) is 64.5 Å². The lowest BCUT2D eigenvalue weighted by Crippen LogP contribution is -2.36. The number of carbonyl (C=O) groups excluding carboxylic acids is 2. The summed E-state index contributed by atoms with van der Waals surface area (Å²) in [4.78, 5) is 30.4. The first-order chi connectivity index (χ1) is 19.4.